The fourth-order valence-corrected chi connectivity index (χ4v) is 1.04. The van der Waals surface area contributed by atoms with Gasteiger partial charge in [0.15, 0.2) is 0 Å². The second kappa shape index (κ2) is 3.95. The molecule has 1 aromatic heterocycles. The summed E-state index contributed by atoms with van der Waals surface area (Å²) in [5, 5.41) is 2.16. The summed E-state index contributed by atoms with van der Waals surface area (Å²) in [6.45, 7) is -1.07. The molecular weight excluding hydrogens is 249 g/mol. The number of hydrogen-bond donors (Lipinski definition) is 1. The van der Waals surface area contributed by atoms with Crippen molar-refractivity contribution >= 4 is 21.7 Å². The zero-order valence-corrected chi connectivity index (χ0v) is 7.98. The molecule has 0 bridgehead atoms. The lowest BCUT2D eigenvalue weighted by Gasteiger charge is -2.08. The van der Waals surface area contributed by atoms with Crippen LogP contribution in [0.4, 0.5) is 19.0 Å². The van der Waals surface area contributed by atoms with E-state index in [0.717, 1.165) is 0 Å². The maximum atomic E-state index is 11.7. The first-order valence-corrected chi connectivity index (χ1v) is 4.20. The van der Waals surface area contributed by atoms with Gasteiger partial charge in [-0.1, -0.05) is 6.07 Å². The van der Waals surface area contributed by atoms with E-state index in [1.807, 2.05) is 0 Å². The van der Waals surface area contributed by atoms with Crippen LogP contribution in [0, 0.1) is 0 Å². The molecular formula is C7H6BrF3N2. The van der Waals surface area contributed by atoms with Crippen LogP contribution in [0.5, 0.6) is 0 Å². The highest BCUT2D eigenvalue weighted by molar-refractivity contribution is 9.10. The molecule has 1 rings (SSSR count). The number of pyridine rings is 1. The molecule has 1 heterocycles. The van der Waals surface area contributed by atoms with Gasteiger partial charge in [0.05, 0.1) is 0 Å². The van der Waals surface area contributed by atoms with E-state index < -0.39 is 12.7 Å². The molecule has 2 nitrogen and oxygen atoms in total. The van der Waals surface area contributed by atoms with Crippen molar-refractivity contribution < 1.29 is 13.2 Å². The van der Waals surface area contributed by atoms with Gasteiger partial charge in [0.25, 0.3) is 0 Å². The average Bonchev–Trinajstić information content (AvgIpc) is 2.00. The zero-order chi connectivity index (χ0) is 9.90. The number of halogens is 4. The van der Waals surface area contributed by atoms with E-state index >= 15 is 0 Å². The highest BCUT2D eigenvalue weighted by Crippen LogP contribution is 2.16. The monoisotopic (exact) mass is 254 g/mol. The minimum Gasteiger partial charge on any atom is -0.361 e. The number of nitrogens with zero attached hydrogens (tertiary/aromatic N) is 1. The molecule has 0 aromatic carbocycles. The molecule has 0 aliphatic carbocycles. The Morgan fingerprint density at radius 1 is 1.38 bits per heavy atom. The van der Waals surface area contributed by atoms with Gasteiger partial charge < -0.3 is 5.32 Å². The second-order valence-electron chi connectivity index (χ2n) is 2.31. The van der Waals surface area contributed by atoms with Gasteiger partial charge in [-0.15, -0.1) is 0 Å². The van der Waals surface area contributed by atoms with E-state index in [1.54, 1.807) is 12.1 Å². The molecule has 1 aromatic rings. The number of rotatable bonds is 2. The Morgan fingerprint density at radius 2 is 2.08 bits per heavy atom. The van der Waals surface area contributed by atoms with Gasteiger partial charge in [0, 0.05) is 0 Å². The van der Waals surface area contributed by atoms with Gasteiger partial charge in [-0.3, -0.25) is 0 Å². The molecule has 0 spiro atoms. The maximum Gasteiger partial charge on any atom is 0.405 e. The average molecular weight is 255 g/mol. The smallest absolute Gasteiger partial charge is 0.361 e. The summed E-state index contributed by atoms with van der Waals surface area (Å²) in [5.41, 5.74) is 0. The second-order valence-corrected chi connectivity index (χ2v) is 3.13. The Balaban J connectivity index is 2.55. The van der Waals surface area contributed by atoms with Crippen molar-refractivity contribution in [2.75, 3.05) is 11.9 Å². The molecule has 72 valence electrons. The predicted octanol–water partition coefficient (Wildman–Crippen LogP) is 2.82. The predicted molar refractivity (Wildman–Crippen MR) is 46.5 cm³/mol. The summed E-state index contributed by atoms with van der Waals surface area (Å²) in [4.78, 5) is 3.78. The third-order valence-electron chi connectivity index (χ3n) is 1.19. The van der Waals surface area contributed by atoms with Gasteiger partial charge in [-0.25, -0.2) is 4.98 Å². The van der Waals surface area contributed by atoms with Crippen molar-refractivity contribution in [2.24, 2.45) is 0 Å². The van der Waals surface area contributed by atoms with E-state index in [4.69, 9.17) is 0 Å². The summed E-state index contributed by atoms with van der Waals surface area (Å²) in [6, 6.07) is 4.71. The standard InChI is InChI=1S/C7H6BrF3N2/c8-5-2-1-3-6(13-5)12-4-7(9,10)11/h1-3H,4H2,(H,12,13). The zero-order valence-electron chi connectivity index (χ0n) is 6.40. The number of alkyl halides is 3. The van der Waals surface area contributed by atoms with Crippen LogP contribution in [0.3, 0.4) is 0 Å². The third-order valence-corrected chi connectivity index (χ3v) is 1.63. The molecule has 0 atom stereocenters. The van der Waals surface area contributed by atoms with Crippen LogP contribution in [-0.2, 0) is 0 Å². The first-order chi connectivity index (χ1) is 5.97. The maximum absolute atomic E-state index is 11.7. The normalized spacial score (nSPS) is 11.4. The van der Waals surface area contributed by atoms with Crippen molar-refractivity contribution in [2.45, 2.75) is 6.18 Å². The fourth-order valence-electron chi connectivity index (χ4n) is 0.698. The summed E-state index contributed by atoms with van der Waals surface area (Å²) in [6.07, 6.45) is -4.22. The summed E-state index contributed by atoms with van der Waals surface area (Å²) >= 11 is 3.05. The van der Waals surface area contributed by atoms with Gasteiger partial charge in [0.2, 0.25) is 0 Å². The Hall–Kier alpha value is -0.780. The lowest BCUT2D eigenvalue weighted by Crippen LogP contribution is -2.21. The van der Waals surface area contributed by atoms with E-state index in [2.05, 4.69) is 26.2 Å². The molecule has 6 heteroatoms. The number of hydrogen-bond acceptors (Lipinski definition) is 2. The Bertz CT molecular complexity index is 287. The Morgan fingerprint density at radius 3 is 2.62 bits per heavy atom. The summed E-state index contributed by atoms with van der Waals surface area (Å²) < 4.78 is 35.7. The molecule has 0 fully saturated rings. The molecule has 13 heavy (non-hydrogen) atoms. The minimum atomic E-state index is -4.22. The minimum absolute atomic E-state index is 0.201. The summed E-state index contributed by atoms with van der Waals surface area (Å²) in [7, 11) is 0. The van der Waals surface area contributed by atoms with E-state index in [1.165, 1.54) is 6.07 Å². The lowest BCUT2D eigenvalue weighted by atomic mass is 10.4. The van der Waals surface area contributed by atoms with Crippen molar-refractivity contribution in [3.05, 3.63) is 22.8 Å². The largest absolute Gasteiger partial charge is 0.405 e. The van der Waals surface area contributed by atoms with Gasteiger partial charge in [-0.2, -0.15) is 13.2 Å². The van der Waals surface area contributed by atoms with Crippen molar-refractivity contribution in [3.8, 4) is 0 Å². The Kier molecular flexibility index (Phi) is 3.13. The molecule has 0 unspecified atom stereocenters. The first kappa shape index (κ1) is 10.3. The van der Waals surface area contributed by atoms with Crippen LogP contribution in [0.25, 0.3) is 0 Å². The number of aromatic nitrogens is 1. The fraction of sp³-hybridized carbons (Fsp3) is 0.286. The molecule has 0 saturated carbocycles. The quantitative estimate of drug-likeness (QED) is 0.822. The molecule has 1 N–H and O–H groups in total. The lowest BCUT2D eigenvalue weighted by molar-refractivity contribution is -0.115. The molecule has 0 saturated heterocycles. The van der Waals surface area contributed by atoms with Crippen molar-refractivity contribution in [3.63, 3.8) is 0 Å². The van der Waals surface area contributed by atoms with E-state index in [-0.39, 0.29) is 5.82 Å². The van der Waals surface area contributed by atoms with Crippen LogP contribution in [0.15, 0.2) is 22.8 Å². The molecule has 0 radical (unpaired) electrons. The van der Waals surface area contributed by atoms with Crippen molar-refractivity contribution in [1.29, 1.82) is 0 Å². The van der Waals surface area contributed by atoms with Gasteiger partial charge in [0.1, 0.15) is 17.0 Å². The van der Waals surface area contributed by atoms with Crippen LogP contribution < -0.4 is 5.32 Å². The SMILES string of the molecule is FC(F)(F)CNc1cccc(Br)n1. The molecule has 0 aliphatic heterocycles. The summed E-state index contributed by atoms with van der Waals surface area (Å²) in [5.74, 6) is 0.201. The number of nitrogens with one attached hydrogen (secondary N) is 1. The highest BCUT2D eigenvalue weighted by Gasteiger charge is 2.26. The van der Waals surface area contributed by atoms with Crippen LogP contribution in [0.1, 0.15) is 0 Å². The first-order valence-electron chi connectivity index (χ1n) is 3.40. The number of anilines is 1. The topological polar surface area (TPSA) is 24.9 Å². The van der Waals surface area contributed by atoms with Crippen LogP contribution in [-0.4, -0.2) is 17.7 Å². The van der Waals surface area contributed by atoms with Crippen LogP contribution >= 0.6 is 15.9 Å². The van der Waals surface area contributed by atoms with Gasteiger partial charge >= 0.3 is 6.18 Å². The van der Waals surface area contributed by atoms with E-state index in [9.17, 15) is 13.2 Å². The third kappa shape index (κ3) is 4.12. The van der Waals surface area contributed by atoms with Crippen LogP contribution in [0.2, 0.25) is 0 Å². The molecule has 0 amide bonds. The Labute approximate surface area is 81.3 Å². The highest BCUT2D eigenvalue weighted by atomic mass is 79.9. The molecule has 0 aliphatic rings. The van der Waals surface area contributed by atoms with Gasteiger partial charge in [-0.05, 0) is 28.1 Å². The van der Waals surface area contributed by atoms with E-state index in [0.29, 0.717) is 4.60 Å². The van der Waals surface area contributed by atoms with Crippen molar-refractivity contribution in [1.82, 2.24) is 4.98 Å².